The molecule has 3 heteroatoms. The fourth-order valence-corrected chi connectivity index (χ4v) is 1.46. The van der Waals surface area contributed by atoms with Gasteiger partial charge in [-0.05, 0) is 36.8 Å². The summed E-state index contributed by atoms with van der Waals surface area (Å²) < 4.78 is 9.92. The van der Waals surface area contributed by atoms with Gasteiger partial charge in [0.15, 0.2) is 0 Å². The van der Waals surface area contributed by atoms with Gasteiger partial charge in [0.05, 0.1) is 0 Å². The van der Waals surface area contributed by atoms with Crippen molar-refractivity contribution < 1.29 is 9.47 Å². The summed E-state index contributed by atoms with van der Waals surface area (Å²) in [7, 11) is 3.25. The lowest BCUT2D eigenvalue weighted by Crippen LogP contribution is -2.04. The Labute approximate surface area is 128 Å². The van der Waals surface area contributed by atoms with Gasteiger partial charge in [-0.3, -0.25) is 0 Å². The van der Waals surface area contributed by atoms with Crippen molar-refractivity contribution >= 4 is 0 Å². The maximum Gasteiger partial charge on any atom is 0.127 e. The van der Waals surface area contributed by atoms with Crippen molar-refractivity contribution in [3.63, 3.8) is 0 Å². The van der Waals surface area contributed by atoms with Crippen molar-refractivity contribution in [2.45, 2.75) is 13.0 Å². The highest BCUT2D eigenvalue weighted by molar-refractivity contribution is 5.33. The highest BCUT2D eigenvalue weighted by Crippen LogP contribution is 2.22. The van der Waals surface area contributed by atoms with Crippen molar-refractivity contribution in [2.75, 3.05) is 14.2 Å². The van der Waals surface area contributed by atoms with Crippen LogP contribution in [-0.2, 0) is 4.74 Å². The lowest BCUT2D eigenvalue weighted by Gasteiger charge is -2.08. The number of hydrogen-bond donors (Lipinski definition) is 1. The third kappa shape index (κ3) is 7.92. The van der Waals surface area contributed by atoms with Gasteiger partial charge >= 0.3 is 0 Å². The molecule has 1 unspecified atom stereocenters. The fourth-order valence-electron chi connectivity index (χ4n) is 1.46. The average Bonchev–Trinajstić information content (AvgIpc) is 2.52. The number of ether oxygens (including phenoxy) is 2. The second-order valence-corrected chi connectivity index (χ2v) is 4.18. The van der Waals surface area contributed by atoms with Crippen LogP contribution in [0.4, 0.5) is 0 Å². The van der Waals surface area contributed by atoms with E-state index < -0.39 is 0 Å². The molecule has 0 amide bonds. The zero-order chi connectivity index (χ0) is 16.1. The Kier molecular flexibility index (Phi) is 10.5. The van der Waals surface area contributed by atoms with E-state index in [0.717, 1.165) is 17.1 Å². The lowest BCUT2D eigenvalue weighted by atomic mass is 10.1. The summed E-state index contributed by atoms with van der Waals surface area (Å²) in [5, 5.41) is 0. The number of nitrogens with two attached hydrogens (primary N) is 1. The molecule has 1 atom stereocenters. The van der Waals surface area contributed by atoms with E-state index in [2.05, 4.69) is 17.9 Å². The summed E-state index contributed by atoms with van der Waals surface area (Å²) in [6.45, 7) is 7.97. The first kappa shape index (κ1) is 18.9. The minimum atomic E-state index is 0.0609. The van der Waals surface area contributed by atoms with Gasteiger partial charge in [0, 0.05) is 20.3 Å². The van der Waals surface area contributed by atoms with E-state index in [1.54, 1.807) is 14.2 Å². The van der Waals surface area contributed by atoms with Gasteiger partial charge in [0.25, 0.3) is 0 Å². The molecule has 0 saturated carbocycles. The van der Waals surface area contributed by atoms with Crippen molar-refractivity contribution in [1.82, 2.24) is 0 Å². The molecular formula is C18H25NO2. The van der Waals surface area contributed by atoms with Crippen LogP contribution in [-0.4, -0.2) is 14.2 Å². The van der Waals surface area contributed by atoms with Crippen LogP contribution in [0.3, 0.4) is 0 Å². The minimum Gasteiger partial charge on any atom is -0.457 e. The van der Waals surface area contributed by atoms with E-state index in [4.69, 9.17) is 10.5 Å². The van der Waals surface area contributed by atoms with Crippen LogP contribution in [0.25, 0.3) is 0 Å². The summed E-state index contributed by atoms with van der Waals surface area (Å²) in [5.41, 5.74) is 6.89. The summed E-state index contributed by atoms with van der Waals surface area (Å²) >= 11 is 0. The first-order valence-electron chi connectivity index (χ1n) is 6.66. The van der Waals surface area contributed by atoms with E-state index in [9.17, 15) is 0 Å². The molecule has 0 aromatic heterocycles. The number of rotatable bonds is 3. The monoisotopic (exact) mass is 287 g/mol. The second kappa shape index (κ2) is 11.7. The summed E-state index contributed by atoms with van der Waals surface area (Å²) in [5.74, 6) is 1.67. The molecule has 0 radical (unpaired) electrons. The van der Waals surface area contributed by atoms with Gasteiger partial charge < -0.3 is 15.2 Å². The molecule has 0 heterocycles. The zero-order valence-corrected chi connectivity index (χ0v) is 13.1. The highest BCUT2D eigenvalue weighted by Gasteiger charge is 2.00. The minimum absolute atomic E-state index is 0.0609. The third-order valence-corrected chi connectivity index (χ3v) is 2.38. The standard InChI is InChI=1S/C14H15NO.C2H6O.C2H4/c1-11(15)12-7-9-14(10-8-12)16-13-5-3-2-4-6-13;1-3-2;1-2/h2-11H,15H2,1H3;1-2H3;1-2H2. The maximum atomic E-state index is 5.78. The molecule has 0 bridgehead atoms. The van der Waals surface area contributed by atoms with E-state index in [0.29, 0.717) is 0 Å². The van der Waals surface area contributed by atoms with Crippen molar-refractivity contribution in [3.8, 4) is 11.5 Å². The van der Waals surface area contributed by atoms with Gasteiger partial charge in [0.2, 0.25) is 0 Å². The largest absolute Gasteiger partial charge is 0.457 e. The van der Waals surface area contributed by atoms with Crippen LogP contribution in [0.2, 0.25) is 0 Å². The third-order valence-electron chi connectivity index (χ3n) is 2.38. The predicted octanol–water partition coefficient (Wildman–Crippen LogP) is 4.56. The molecule has 0 fully saturated rings. The molecule has 114 valence electrons. The van der Waals surface area contributed by atoms with Crippen LogP contribution in [0.5, 0.6) is 11.5 Å². The quantitative estimate of drug-likeness (QED) is 0.841. The van der Waals surface area contributed by atoms with Crippen molar-refractivity contribution in [3.05, 3.63) is 73.3 Å². The molecular weight excluding hydrogens is 262 g/mol. The second-order valence-electron chi connectivity index (χ2n) is 4.18. The SMILES string of the molecule is C=C.CC(N)c1ccc(Oc2ccccc2)cc1.COC. The predicted molar refractivity (Wildman–Crippen MR) is 89.7 cm³/mol. The van der Waals surface area contributed by atoms with Crippen LogP contribution < -0.4 is 10.5 Å². The molecule has 0 aliphatic heterocycles. The van der Waals surface area contributed by atoms with E-state index in [-0.39, 0.29) is 6.04 Å². The van der Waals surface area contributed by atoms with E-state index in [1.807, 2.05) is 61.5 Å². The van der Waals surface area contributed by atoms with Gasteiger partial charge in [-0.2, -0.15) is 0 Å². The maximum absolute atomic E-state index is 5.78. The van der Waals surface area contributed by atoms with Crippen LogP contribution in [0.1, 0.15) is 18.5 Å². The van der Waals surface area contributed by atoms with Gasteiger partial charge in [-0.1, -0.05) is 30.3 Å². The number of para-hydroxylation sites is 1. The molecule has 2 N–H and O–H groups in total. The highest BCUT2D eigenvalue weighted by atomic mass is 16.5. The molecule has 3 nitrogen and oxygen atoms in total. The Morgan fingerprint density at radius 1 is 0.857 bits per heavy atom. The average molecular weight is 287 g/mol. The molecule has 0 saturated heterocycles. The van der Waals surface area contributed by atoms with Gasteiger partial charge in [0.1, 0.15) is 11.5 Å². The molecule has 2 aromatic carbocycles. The van der Waals surface area contributed by atoms with Crippen molar-refractivity contribution in [1.29, 1.82) is 0 Å². The summed E-state index contributed by atoms with van der Waals surface area (Å²) in [6, 6.07) is 17.6. The Morgan fingerprint density at radius 3 is 1.71 bits per heavy atom. The summed E-state index contributed by atoms with van der Waals surface area (Å²) in [4.78, 5) is 0. The molecule has 2 rings (SSSR count). The topological polar surface area (TPSA) is 44.5 Å². The number of benzene rings is 2. The first-order chi connectivity index (χ1) is 10.2. The van der Waals surface area contributed by atoms with Crippen LogP contribution in [0, 0.1) is 0 Å². The van der Waals surface area contributed by atoms with Crippen LogP contribution in [0.15, 0.2) is 67.8 Å². The molecule has 2 aromatic rings. The van der Waals surface area contributed by atoms with E-state index >= 15 is 0 Å². The van der Waals surface area contributed by atoms with Gasteiger partial charge in [-0.25, -0.2) is 0 Å². The fraction of sp³-hybridized carbons (Fsp3) is 0.222. The van der Waals surface area contributed by atoms with E-state index in [1.165, 1.54) is 0 Å². The van der Waals surface area contributed by atoms with Crippen molar-refractivity contribution in [2.24, 2.45) is 5.73 Å². The Balaban J connectivity index is 0.000000713. The smallest absolute Gasteiger partial charge is 0.127 e. The molecule has 0 aliphatic rings. The Morgan fingerprint density at radius 2 is 1.29 bits per heavy atom. The molecule has 0 aliphatic carbocycles. The Hall–Kier alpha value is -2.10. The van der Waals surface area contributed by atoms with Gasteiger partial charge in [-0.15, -0.1) is 13.2 Å². The number of methoxy groups -OCH3 is 1. The summed E-state index contributed by atoms with van der Waals surface area (Å²) in [6.07, 6.45) is 0. The number of hydrogen-bond acceptors (Lipinski definition) is 3. The zero-order valence-electron chi connectivity index (χ0n) is 13.1. The first-order valence-corrected chi connectivity index (χ1v) is 6.66. The normalized spacial score (nSPS) is 10.3. The molecule has 0 spiro atoms. The molecule has 21 heavy (non-hydrogen) atoms. The Bertz CT molecular complexity index is 466. The van der Waals surface area contributed by atoms with Crippen LogP contribution >= 0.6 is 0 Å². The lowest BCUT2D eigenvalue weighted by molar-refractivity contribution is 0.277.